The predicted octanol–water partition coefficient (Wildman–Crippen LogP) is 2.12. The fourth-order valence-corrected chi connectivity index (χ4v) is 1.39. The van der Waals surface area contributed by atoms with Crippen LogP contribution in [0.5, 0.6) is 0 Å². The molecule has 2 nitrogen and oxygen atoms in total. The number of aryl methyl sites for hydroxylation is 1. The first-order valence-corrected chi connectivity index (χ1v) is 5.22. The number of aliphatic imine (C=N–C) groups is 1. The maximum absolute atomic E-state index is 5.88. The first-order valence-electron chi connectivity index (χ1n) is 5.22. The minimum Gasteiger partial charge on any atom is -0.383 e. The lowest BCUT2D eigenvalue weighted by Gasteiger charge is -2.01. The Morgan fingerprint density at radius 2 is 2.00 bits per heavy atom. The van der Waals surface area contributed by atoms with Crippen LogP contribution in [0.15, 0.2) is 29.3 Å². The Balaban J connectivity index is 2.15. The number of hydrogen-bond donors (Lipinski definition) is 1. The van der Waals surface area contributed by atoms with Crippen LogP contribution in [-0.2, 0) is 6.42 Å². The van der Waals surface area contributed by atoms with Gasteiger partial charge in [-0.2, -0.15) is 0 Å². The molecule has 0 amide bonds. The lowest BCUT2D eigenvalue weighted by atomic mass is 10.1. The van der Waals surface area contributed by atoms with Gasteiger partial charge in [0.1, 0.15) is 5.84 Å². The first kappa shape index (κ1) is 9.25. The van der Waals surface area contributed by atoms with Crippen molar-refractivity contribution < 1.29 is 0 Å². The lowest BCUT2D eigenvalue weighted by Crippen LogP contribution is -2.14. The van der Waals surface area contributed by atoms with Crippen molar-refractivity contribution in [2.75, 3.05) is 0 Å². The monoisotopic (exact) mass is 188 g/mol. The molecule has 0 radical (unpaired) electrons. The highest BCUT2D eigenvalue weighted by molar-refractivity contribution is 5.97. The molecule has 2 N–H and O–H groups in total. The quantitative estimate of drug-likeness (QED) is 0.572. The number of amidine groups is 1. The van der Waals surface area contributed by atoms with Crippen LogP contribution in [0.1, 0.15) is 30.9 Å². The number of benzene rings is 1. The first-order chi connectivity index (χ1) is 6.79. The van der Waals surface area contributed by atoms with E-state index >= 15 is 0 Å². The van der Waals surface area contributed by atoms with Crippen molar-refractivity contribution in [2.45, 2.75) is 32.2 Å². The SMILES string of the molecule is CCc1ccc(C(N)=NC2CC2)cc1. The van der Waals surface area contributed by atoms with Crippen molar-refractivity contribution in [3.05, 3.63) is 35.4 Å². The van der Waals surface area contributed by atoms with Crippen molar-refractivity contribution in [1.29, 1.82) is 0 Å². The molecule has 1 fully saturated rings. The van der Waals surface area contributed by atoms with Gasteiger partial charge in [-0.1, -0.05) is 31.2 Å². The van der Waals surface area contributed by atoms with Gasteiger partial charge in [0.2, 0.25) is 0 Å². The molecular weight excluding hydrogens is 172 g/mol. The number of hydrogen-bond acceptors (Lipinski definition) is 1. The van der Waals surface area contributed by atoms with E-state index in [4.69, 9.17) is 5.73 Å². The van der Waals surface area contributed by atoms with Gasteiger partial charge in [0.05, 0.1) is 6.04 Å². The van der Waals surface area contributed by atoms with Crippen LogP contribution in [0.4, 0.5) is 0 Å². The minimum absolute atomic E-state index is 0.501. The molecule has 2 heteroatoms. The smallest absolute Gasteiger partial charge is 0.125 e. The molecule has 1 aliphatic rings. The molecule has 0 bridgehead atoms. The Morgan fingerprint density at radius 3 is 2.50 bits per heavy atom. The zero-order chi connectivity index (χ0) is 9.97. The van der Waals surface area contributed by atoms with Crippen LogP contribution in [0.2, 0.25) is 0 Å². The predicted molar refractivity (Wildman–Crippen MR) is 59.6 cm³/mol. The molecule has 0 unspecified atom stereocenters. The van der Waals surface area contributed by atoms with Crippen LogP contribution in [0.3, 0.4) is 0 Å². The van der Waals surface area contributed by atoms with Crippen LogP contribution in [-0.4, -0.2) is 11.9 Å². The molecular formula is C12H16N2. The fraction of sp³-hybridized carbons (Fsp3) is 0.417. The van der Waals surface area contributed by atoms with Gasteiger partial charge in [-0.25, -0.2) is 0 Å². The van der Waals surface area contributed by atoms with Crippen LogP contribution >= 0.6 is 0 Å². The summed E-state index contributed by atoms with van der Waals surface area (Å²) in [5.74, 6) is 0.690. The van der Waals surface area contributed by atoms with Crippen LogP contribution < -0.4 is 5.73 Å². The number of rotatable bonds is 3. The van der Waals surface area contributed by atoms with Gasteiger partial charge in [0, 0.05) is 5.56 Å². The Hall–Kier alpha value is -1.31. The van der Waals surface area contributed by atoms with Crippen molar-refractivity contribution in [1.82, 2.24) is 0 Å². The topological polar surface area (TPSA) is 38.4 Å². The molecule has 0 spiro atoms. The third-order valence-corrected chi connectivity index (χ3v) is 2.53. The average molecular weight is 188 g/mol. The highest BCUT2D eigenvalue weighted by Gasteiger charge is 2.20. The Bertz CT molecular complexity index is 334. The summed E-state index contributed by atoms with van der Waals surface area (Å²) in [6, 6.07) is 8.84. The molecule has 0 aliphatic heterocycles. The van der Waals surface area contributed by atoms with Crippen molar-refractivity contribution in [2.24, 2.45) is 10.7 Å². The summed E-state index contributed by atoms with van der Waals surface area (Å²) >= 11 is 0. The summed E-state index contributed by atoms with van der Waals surface area (Å²) in [7, 11) is 0. The summed E-state index contributed by atoms with van der Waals surface area (Å²) in [6.07, 6.45) is 3.47. The van der Waals surface area contributed by atoms with Crippen molar-refractivity contribution in [3.63, 3.8) is 0 Å². The van der Waals surface area contributed by atoms with E-state index in [1.165, 1.54) is 18.4 Å². The molecule has 14 heavy (non-hydrogen) atoms. The Kier molecular flexibility index (Phi) is 2.53. The van der Waals surface area contributed by atoms with E-state index in [-0.39, 0.29) is 0 Å². The van der Waals surface area contributed by atoms with Crippen molar-refractivity contribution >= 4 is 5.84 Å². The number of nitrogens with two attached hydrogens (primary N) is 1. The normalized spacial score (nSPS) is 17.1. The van der Waals surface area contributed by atoms with E-state index in [0.29, 0.717) is 11.9 Å². The molecule has 1 aromatic carbocycles. The summed E-state index contributed by atoms with van der Waals surface area (Å²) in [6.45, 7) is 2.15. The summed E-state index contributed by atoms with van der Waals surface area (Å²) in [5.41, 5.74) is 8.27. The van der Waals surface area contributed by atoms with Crippen LogP contribution in [0, 0.1) is 0 Å². The summed E-state index contributed by atoms with van der Waals surface area (Å²) in [5, 5.41) is 0. The maximum Gasteiger partial charge on any atom is 0.125 e. The highest BCUT2D eigenvalue weighted by atomic mass is 14.9. The summed E-state index contributed by atoms with van der Waals surface area (Å²) in [4.78, 5) is 4.41. The van der Waals surface area contributed by atoms with Gasteiger partial charge in [0.15, 0.2) is 0 Å². The van der Waals surface area contributed by atoms with Gasteiger partial charge < -0.3 is 5.73 Å². The van der Waals surface area contributed by atoms with Gasteiger partial charge in [-0.15, -0.1) is 0 Å². The Labute approximate surface area is 84.9 Å². The van der Waals surface area contributed by atoms with Gasteiger partial charge in [-0.05, 0) is 24.8 Å². The van der Waals surface area contributed by atoms with Gasteiger partial charge in [-0.3, -0.25) is 4.99 Å². The fourth-order valence-electron chi connectivity index (χ4n) is 1.39. The maximum atomic E-state index is 5.88. The second-order valence-corrected chi connectivity index (χ2v) is 3.80. The standard InChI is InChI=1S/C12H16N2/c1-2-9-3-5-10(6-4-9)12(13)14-11-7-8-11/h3-6,11H,2,7-8H2,1H3,(H2,13,14). The third-order valence-electron chi connectivity index (χ3n) is 2.53. The molecule has 0 atom stereocenters. The third kappa shape index (κ3) is 2.13. The Morgan fingerprint density at radius 1 is 1.36 bits per heavy atom. The molecule has 1 aromatic rings. The molecule has 1 aliphatic carbocycles. The van der Waals surface area contributed by atoms with Crippen molar-refractivity contribution in [3.8, 4) is 0 Å². The molecule has 1 saturated carbocycles. The molecule has 0 saturated heterocycles. The van der Waals surface area contributed by atoms with Gasteiger partial charge >= 0.3 is 0 Å². The van der Waals surface area contributed by atoms with E-state index < -0.39 is 0 Å². The van der Waals surface area contributed by atoms with E-state index in [1.807, 2.05) is 0 Å². The largest absolute Gasteiger partial charge is 0.383 e. The number of nitrogens with zero attached hydrogens (tertiary/aromatic N) is 1. The second kappa shape index (κ2) is 3.82. The average Bonchev–Trinajstić information content (AvgIpc) is 3.02. The zero-order valence-corrected chi connectivity index (χ0v) is 8.53. The van der Waals surface area contributed by atoms with E-state index in [9.17, 15) is 0 Å². The van der Waals surface area contributed by atoms with E-state index in [0.717, 1.165) is 12.0 Å². The minimum atomic E-state index is 0.501. The molecule has 0 heterocycles. The summed E-state index contributed by atoms with van der Waals surface area (Å²) < 4.78 is 0. The van der Waals surface area contributed by atoms with Crippen LogP contribution in [0.25, 0.3) is 0 Å². The second-order valence-electron chi connectivity index (χ2n) is 3.80. The van der Waals surface area contributed by atoms with Gasteiger partial charge in [0.25, 0.3) is 0 Å². The molecule has 0 aromatic heterocycles. The molecule has 74 valence electrons. The van der Waals surface area contributed by atoms with E-state index in [1.54, 1.807) is 0 Å². The lowest BCUT2D eigenvalue weighted by molar-refractivity contribution is 1.06. The zero-order valence-electron chi connectivity index (χ0n) is 8.53. The van der Waals surface area contributed by atoms with E-state index in [2.05, 4.69) is 36.2 Å². The molecule has 2 rings (SSSR count). The highest BCUT2D eigenvalue weighted by Crippen LogP contribution is 2.23.